The molecule has 3 saturated heterocycles. The first kappa shape index (κ1) is 116. The number of nitrogens with one attached hydrogen (secondary N) is 6. The van der Waals surface area contributed by atoms with Gasteiger partial charge in [0, 0.05) is 153 Å². The highest BCUT2D eigenvalue weighted by atomic mass is 16.5. The van der Waals surface area contributed by atoms with Crippen molar-refractivity contribution in [1.29, 1.82) is 0 Å². The van der Waals surface area contributed by atoms with E-state index in [0.29, 0.717) is 53.8 Å². The van der Waals surface area contributed by atoms with Crippen molar-refractivity contribution in [2.75, 3.05) is 141 Å². The van der Waals surface area contributed by atoms with Crippen LogP contribution in [0.5, 0.6) is 5.75 Å². The molecule has 17 nitrogen and oxygen atoms in total. The summed E-state index contributed by atoms with van der Waals surface area (Å²) < 4.78 is 31.2. The standard InChI is InChI=1S/2C21H36N2O.C20H35NO.C17H29NO.C16H35N3.C15H29N3O/c2*1-16(22-21(5,6)7)17-8-10-18(11-9-17)23-13-12-19(14-23)24-15-20(2,3)4;1-19(2,3)12-11-17-9-7-10-18(15-17)16-22-14-8-13-21-20(4,5)6;1-16(2,3)13-14-7-9-15(10-8-14)19-12-11-18-17(4,5)6;1-15(2,3)7-9-18-11-13-19(14-12-18)10-8-17-16(4,5)6;1-14(2,3)13-7-9-18(17-13)10-12-19-11-8-16-15(4,5)6/h2*8-11,16,19,22H,12-15H2,1-7H3;7,9-10,15,21H,8,11-14,16H2,1-6H3;7-10,18H,11-13H2,1-6H3;17H,7-14H2,1-6H3;7,9,16H,8,10-12H2,1-6H3/t2*16?,19-;;;;/m10..../s1. The van der Waals surface area contributed by atoms with Crippen LogP contribution in [0, 0.1) is 27.1 Å². The summed E-state index contributed by atoms with van der Waals surface area (Å²) in [6.45, 7) is 106. The molecule has 4 atom stereocenters. The molecule has 5 aromatic rings. The maximum absolute atomic E-state index is 6.08. The summed E-state index contributed by atoms with van der Waals surface area (Å²) in [5.41, 5.74) is 13.3. The molecule has 0 saturated carbocycles. The van der Waals surface area contributed by atoms with Crippen LogP contribution in [0.4, 0.5) is 11.4 Å². The van der Waals surface area contributed by atoms with Crippen molar-refractivity contribution in [2.24, 2.45) is 27.1 Å². The zero-order valence-corrected chi connectivity index (χ0v) is 89.4. The summed E-state index contributed by atoms with van der Waals surface area (Å²) in [6, 6.07) is 38.1. The minimum atomic E-state index is 0.114. The zero-order valence-electron chi connectivity index (χ0n) is 89.4. The van der Waals surface area contributed by atoms with Crippen molar-refractivity contribution < 1.29 is 23.7 Å². The van der Waals surface area contributed by atoms with E-state index in [9.17, 15) is 0 Å². The summed E-state index contributed by atoms with van der Waals surface area (Å²) in [5.74, 6) is 0.952. The molecule has 0 amide bonds. The number of aryl methyl sites for hydroxylation is 1. The molecule has 730 valence electrons. The van der Waals surface area contributed by atoms with Gasteiger partial charge in [-0.3, -0.25) is 9.58 Å². The molecule has 0 radical (unpaired) electrons. The highest BCUT2D eigenvalue weighted by Gasteiger charge is 2.29. The third-order valence-corrected chi connectivity index (χ3v) is 21.3. The molecule has 0 bridgehead atoms. The number of benzene rings is 4. The Morgan fingerprint density at radius 3 is 1.24 bits per heavy atom. The van der Waals surface area contributed by atoms with Gasteiger partial charge in [0.15, 0.2) is 0 Å². The average Bonchev–Trinajstić information content (AvgIpc) is 1.77. The largest absolute Gasteiger partial charge is 0.492 e. The average molecular weight is 1770 g/mol. The summed E-state index contributed by atoms with van der Waals surface area (Å²) in [4.78, 5) is 10.1. The number of aromatic nitrogens is 2. The number of hydrogen-bond donors (Lipinski definition) is 6. The van der Waals surface area contributed by atoms with Crippen molar-refractivity contribution in [3.05, 3.63) is 143 Å². The normalized spacial score (nSPS) is 16.7. The lowest BCUT2D eigenvalue weighted by molar-refractivity contribution is 0.0205. The molecular weight excluding hydrogens is 1570 g/mol. The Hall–Kier alpha value is -4.99. The van der Waals surface area contributed by atoms with Gasteiger partial charge in [0.25, 0.3) is 0 Å². The van der Waals surface area contributed by atoms with E-state index in [1.165, 1.54) is 91.3 Å². The van der Waals surface area contributed by atoms with Gasteiger partial charge in [-0.05, 0) is 294 Å². The fourth-order valence-electron chi connectivity index (χ4n) is 14.4. The minimum Gasteiger partial charge on any atom is -0.492 e. The summed E-state index contributed by atoms with van der Waals surface area (Å²) in [5, 5.41) is 25.7. The number of nitrogens with zero attached hydrogens (tertiary/aromatic N) is 6. The maximum Gasteiger partial charge on any atom is 0.119 e. The lowest BCUT2D eigenvalue weighted by Gasteiger charge is -2.36. The Labute approximate surface area is 782 Å². The summed E-state index contributed by atoms with van der Waals surface area (Å²) in [7, 11) is 0. The molecule has 17 heteroatoms. The molecule has 2 unspecified atom stereocenters. The first-order valence-corrected chi connectivity index (χ1v) is 49.1. The van der Waals surface area contributed by atoms with Crippen LogP contribution in [0.15, 0.2) is 109 Å². The molecule has 6 N–H and O–H groups in total. The molecular formula is C110H200N12O5. The van der Waals surface area contributed by atoms with Crippen LogP contribution in [-0.4, -0.2) is 196 Å². The SMILES string of the molecule is CC(C)(C)CCN1CCN(CCNC(C)(C)C)CC1.CC(C)(C)CCc1cccc(COCCCNC(C)(C)C)c1.CC(C)(C)Cc1ccc(OCCNC(C)(C)C)cc1.CC(C)(C)NCCOCCn1ccc(C(C)(C)C)n1.CC(NC(C)(C)C)c1ccc(N2CC[C@@H](OCC(C)(C)C)C2)cc1.CC(NC(C)(C)C)c1ccc(N2CC[C@H](OCC(C)(C)C)C2)cc1. The summed E-state index contributed by atoms with van der Waals surface area (Å²) in [6.07, 6.45) is 10.8. The number of anilines is 2. The van der Waals surface area contributed by atoms with E-state index < -0.39 is 0 Å². The van der Waals surface area contributed by atoms with E-state index in [0.717, 1.165) is 135 Å². The third kappa shape index (κ3) is 60.7. The molecule has 1 aromatic heterocycles. The van der Waals surface area contributed by atoms with Crippen molar-refractivity contribution in [1.82, 2.24) is 51.5 Å². The molecule has 3 fully saturated rings. The second-order valence-corrected chi connectivity index (χ2v) is 49.9. The molecule has 127 heavy (non-hydrogen) atoms. The molecule has 3 aliphatic heterocycles. The van der Waals surface area contributed by atoms with Crippen LogP contribution in [-0.2, 0) is 50.4 Å². The molecule has 8 rings (SSSR count). The van der Waals surface area contributed by atoms with Crippen molar-refractivity contribution in [3.8, 4) is 5.75 Å². The Bertz CT molecular complexity index is 3570. The fourth-order valence-corrected chi connectivity index (χ4v) is 14.4. The Balaban J connectivity index is 0.000000394. The monoisotopic (exact) mass is 1770 g/mol. The molecule has 0 aliphatic carbocycles. The van der Waals surface area contributed by atoms with E-state index in [4.69, 9.17) is 23.7 Å². The maximum atomic E-state index is 6.08. The number of hydrogen-bond acceptors (Lipinski definition) is 16. The van der Waals surface area contributed by atoms with Crippen LogP contribution in [0.1, 0.15) is 341 Å². The first-order valence-electron chi connectivity index (χ1n) is 49.1. The topological polar surface area (TPSA) is 149 Å². The number of rotatable bonds is 34. The van der Waals surface area contributed by atoms with Crippen molar-refractivity contribution >= 4 is 11.4 Å². The second kappa shape index (κ2) is 53.8. The Kier molecular flexibility index (Phi) is 49.2. The van der Waals surface area contributed by atoms with Gasteiger partial charge in [-0.15, -0.1) is 0 Å². The van der Waals surface area contributed by atoms with Crippen molar-refractivity contribution in [2.45, 2.75) is 384 Å². The minimum absolute atomic E-state index is 0.114. The summed E-state index contributed by atoms with van der Waals surface area (Å²) >= 11 is 0. The smallest absolute Gasteiger partial charge is 0.119 e. The quantitative estimate of drug-likeness (QED) is 0.0217. The van der Waals surface area contributed by atoms with E-state index >= 15 is 0 Å². The van der Waals surface area contributed by atoms with Crippen LogP contribution < -0.4 is 46.4 Å². The third-order valence-electron chi connectivity index (χ3n) is 21.3. The number of ether oxygens (including phenoxy) is 5. The highest BCUT2D eigenvalue weighted by molar-refractivity contribution is 5.50. The molecule has 3 aliphatic rings. The fraction of sp³-hybridized carbons (Fsp3) is 0.755. The Morgan fingerprint density at radius 1 is 0.386 bits per heavy atom. The second-order valence-electron chi connectivity index (χ2n) is 49.9. The van der Waals surface area contributed by atoms with Crippen LogP contribution in [0.2, 0.25) is 0 Å². The molecule has 0 spiro atoms. The van der Waals surface area contributed by atoms with Gasteiger partial charge in [-0.2, -0.15) is 5.10 Å². The highest BCUT2D eigenvalue weighted by Crippen LogP contribution is 2.31. The van der Waals surface area contributed by atoms with E-state index in [2.05, 4.69) is 423 Å². The predicted octanol–water partition coefficient (Wildman–Crippen LogP) is 23.6. The van der Waals surface area contributed by atoms with E-state index in [1.807, 2.05) is 10.9 Å². The Morgan fingerprint density at radius 2 is 0.819 bits per heavy atom. The van der Waals surface area contributed by atoms with Gasteiger partial charge in [0.1, 0.15) is 12.4 Å². The lowest BCUT2D eigenvalue weighted by Crippen LogP contribution is -2.49. The van der Waals surface area contributed by atoms with Crippen LogP contribution in [0.25, 0.3) is 0 Å². The lowest BCUT2D eigenvalue weighted by atomic mass is 9.88. The van der Waals surface area contributed by atoms with Gasteiger partial charge >= 0.3 is 0 Å². The van der Waals surface area contributed by atoms with Crippen molar-refractivity contribution in [3.63, 3.8) is 0 Å². The van der Waals surface area contributed by atoms with Gasteiger partial charge in [0.05, 0.1) is 57.5 Å². The first-order chi connectivity index (χ1) is 58.2. The van der Waals surface area contributed by atoms with Gasteiger partial charge in [-0.1, -0.05) is 185 Å². The van der Waals surface area contributed by atoms with Crippen LogP contribution in [0.3, 0.4) is 0 Å². The predicted molar refractivity (Wildman–Crippen MR) is 551 cm³/mol. The zero-order chi connectivity index (χ0) is 96.1. The van der Waals surface area contributed by atoms with Gasteiger partial charge < -0.3 is 70.3 Å². The van der Waals surface area contributed by atoms with E-state index in [-0.39, 0.29) is 49.5 Å². The van der Waals surface area contributed by atoms with Gasteiger partial charge in [-0.25, -0.2) is 0 Å². The van der Waals surface area contributed by atoms with E-state index in [1.54, 1.807) is 0 Å². The number of piperazine rings is 1. The van der Waals surface area contributed by atoms with Gasteiger partial charge in [0.2, 0.25) is 0 Å². The van der Waals surface area contributed by atoms with Crippen LogP contribution >= 0.6 is 0 Å². The molecule has 4 heterocycles. The molecule has 4 aromatic carbocycles.